The summed E-state index contributed by atoms with van der Waals surface area (Å²) in [6.07, 6.45) is 4.05. The predicted molar refractivity (Wildman–Crippen MR) is 103 cm³/mol. The third-order valence-corrected chi connectivity index (χ3v) is 5.34. The molecule has 1 heterocycles. The topological polar surface area (TPSA) is 73.2 Å². The molecular formula is C20H23ClFN3O3. The number of carbonyl (C=O) groups excluding carboxylic acids is 2. The summed E-state index contributed by atoms with van der Waals surface area (Å²) < 4.78 is 19.6. The van der Waals surface area contributed by atoms with Crippen LogP contribution in [0, 0.1) is 18.7 Å². The summed E-state index contributed by atoms with van der Waals surface area (Å²) in [5.41, 5.74) is 0.962. The van der Waals surface area contributed by atoms with Crippen LogP contribution in [-0.4, -0.2) is 34.3 Å². The molecule has 3 rings (SSSR count). The monoisotopic (exact) mass is 407 g/mol. The van der Waals surface area contributed by atoms with Gasteiger partial charge in [0.15, 0.2) is 6.61 Å². The number of amides is 1. The number of aromatic nitrogens is 2. The van der Waals surface area contributed by atoms with E-state index in [0.717, 1.165) is 25.7 Å². The van der Waals surface area contributed by atoms with E-state index in [2.05, 4.69) is 17.3 Å². The van der Waals surface area contributed by atoms with Gasteiger partial charge in [-0.15, -0.1) is 0 Å². The first kappa shape index (κ1) is 20.3. The van der Waals surface area contributed by atoms with Crippen LogP contribution in [0.4, 0.5) is 4.39 Å². The van der Waals surface area contributed by atoms with Gasteiger partial charge in [0, 0.05) is 6.04 Å². The van der Waals surface area contributed by atoms with Gasteiger partial charge >= 0.3 is 5.97 Å². The molecule has 1 N–H and O–H groups in total. The molecule has 1 fully saturated rings. The summed E-state index contributed by atoms with van der Waals surface area (Å²) in [5, 5.41) is 7.18. The van der Waals surface area contributed by atoms with Crippen LogP contribution in [0.2, 0.25) is 5.15 Å². The van der Waals surface area contributed by atoms with E-state index in [-0.39, 0.29) is 35.1 Å². The molecule has 0 saturated heterocycles. The summed E-state index contributed by atoms with van der Waals surface area (Å²) in [5.74, 6) is -0.744. The Bertz CT molecular complexity index is 858. The Morgan fingerprint density at radius 1 is 1.25 bits per heavy atom. The first-order valence-electron chi connectivity index (χ1n) is 9.32. The lowest BCUT2D eigenvalue weighted by molar-refractivity contribution is -0.125. The summed E-state index contributed by atoms with van der Waals surface area (Å²) >= 11 is 6.29. The Morgan fingerprint density at radius 2 is 1.89 bits per heavy atom. The van der Waals surface area contributed by atoms with Crippen LogP contribution in [-0.2, 0) is 9.53 Å². The van der Waals surface area contributed by atoms with Crippen molar-refractivity contribution in [2.45, 2.75) is 45.6 Å². The van der Waals surface area contributed by atoms with Gasteiger partial charge < -0.3 is 10.1 Å². The van der Waals surface area contributed by atoms with Crippen molar-refractivity contribution in [2.24, 2.45) is 5.92 Å². The molecule has 0 unspecified atom stereocenters. The van der Waals surface area contributed by atoms with Crippen LogP contribution in [0.5, 0.6) is 0 Å². The SMILES string of the molecule is Cc1nn(-c2ccc(F)cc2)c(Cl)c1C(=O)OCC(=O)NC1CCC(C)CC1. The van der Waals surface area contributed by atoms with E-state index in [0.29, 0.717) is 17.3 Å². The fourth-order valence-electron chi connectivity index (χ4n) is 3.36. The summed E-state index contributed by atoms with van der Waals surface area (Å²) in [4.78, 5) is 24.5. The van der Waals surface area contributed by atoms with E-state index in [1.165, 1.54) is 28.9 Å². The van der Waals surface area contributed by atoms with Crippen molar-refractivity contribution in [3.05, 3.63) is 46.5 Å². The number of nitrogens with zero attached hydrogens (tertiary/aromatic N) is 2. The smallest absolute Gasteiger partial charge is 0.343 e. The number of esters is 1. The highest BCUT2D eigenvalue weighted by atomic mass is 35.5. The van der Waals surface area contributed by atoms with Crippen molar-refractivity contribution >= 4 is 23.5 Å². The number of benzene rings is 1. The molecule has 1 saturated carbocycles. The van der Waals surface area contributed by atoms with E-state index < -0.39 is 5.97 Å². The van der Waals surface area contributed by atoms with Crippen molar-refractivity contribution < 1.29 is 18.7 Å². The minimum atomic E-state index is -0.719. The largest absolute Gasteiger partial charge is 0.452 e. The second kappa shape index (κ2) is 8.73. The summed E-state index contributed by atoms with van der Waals surface area (Å²) in [6.45, 7) is 3.45. The Balaban J connectivity index is 1.61. The number of nitrogens with one attached hydrogen (secondary N) is 1. The Kier molecular flexibility index (Phi) is 6.34. The molecule has 1 aromatic carbocycles. The zero-order valence-corrected chi connectivity index (χ0v) is 16.6. The van der Waals surface area contributed by atoms with Crippen LogP contribution in [0.25, 0.3) is 5.69 Å². The molecule has 8 heteroatoms. The van der Waals surface area contributed by atoms with Gasteiger partial charge in [0.25, 0.3) is 5.91 Å². The second-order valence-electron chi connectivity index (χ2n) is 7.24. The maximum atomic E-state index is 13.1. The fraction of sp³-hybridized carbons (Fsp3) is 0.450. The summed E-state index contributed by atoms with van der Waals surface area (Å²) in [6, 6.07) is 5.69. The number of aryl methyl sites for hydroxylation is 1. The molecule has 28 heavy (non-hydrogen) atoms. The molecule has 0 spiro atoms. The van der Waals surface area contributed by atoms with Gasteiger partial charge in [-0.05, 0) is 62.8 Å². The lowest BCUT2D eigenvalue weighted by Gasteiger charge is -2.26. The van der Waals surface area contributed by atoms with Gasteiger partial charge in [0.05, 0.1) is 11.4 Å². The molecule has 0 bridgehead atoms. The van der Waals surface area contributed by atoms with Crippen molar-refractivity contribution in [3.63, 3.8) is 0 Å². The lowest BCUT2D eigenvalue weighted by atomic mass is 9.87. The number of hydrogen-bond acceptors (Lipinski definition) is 4. The van der Waals surface area contributed by atoms with Crippen molar-refractivity contribution in [3.8, 4) is 5.69 Å². The molecule has 1 aliphatic rings. The molecule has 0 atom stereocenters. The molecule has 6 nitrogen and oxygen atoms in total. The second-order valence-corrected chi connectivity index (χ2v) is 7.60. The molecular weight excluding hydrogens is 385 g/mol. The van der Waals surface area contributed by atoms with Crippen LogP contribution in [0.3, 0.4) is 0 Å². The standard InChI is InChI=1S/C20H23ClFN3O3/c1-12-3-7-15(8-4-12)23-17(26)11-28-20(27)18-13(2)24-25(19(18)21)16-9-5-14(22)6-10-16/h5-6,9-10,12,15H,3-4,7-8,11H2,1-2H3,(H,23,26). The highest BCUT2D eigenvalue weighted by Gasteiger charge is 2.24. The number of rotatable bonds is 5. The van der Waals surface area contributed by atoms with Gasteiger partial charge in [-0.25, -0.2) is 13.9 Å². The van der Waals surface area contributed by atoms with Crippen molar-refractivity contribution in [2.75, 3.05) is 6.61 Å². The predicted octanol–water partition coefficient (Wildman–Crippen LogP) is 3.82. The van der Waals surface area contributed by atoms with Gasteiger partial charge in [0.1, 0.15) is 16.5 Å². The van der Waals surface area contributed by atoms with E-state index in [1.807, 2.05) is 0 Å². The van der Waals surface area contributed by atoms with Gasteiger partial charge in [0.2, 0.25) is 0 Å². The fourth-order valence-corrected chi connectivity index (χ4v) is 3.71. The molecule has 0 aliphatic heterocycles. The third kappa shape index (κ3) is 4.70. The average Bonchev–Trinajstić information content (AvgIpc) is 2.96. The molecule has 1 aromatic heterocycles. The molecule has 0 radical (unpaired) electrons. The first-order valence-corrected chi connectivity index (χ1v) is 9.70. The quantitative estimate of drug-likeness (QED) is 0.764. The van der Waals surface area contributed by atoms with Gasteiger partial charge in [-0.2, -0.15) is 5.10 Å². The molecule has 1 amide bonds. The zero-order chi connectivity index (χ0) is 20.3. The first-order chi connectivity index (χ1) is 13.3. The molecule has 2 aromatic rings. The lowest BCUT2D eigenvalue weighted by Crippen LogP contribution is -2.39. The van der Waals surface area contributed by atoms with Crippen LogP contribution < -0.4 is 5.32 Å². The maximum absolute atomic E-state index is 13.1. The Labute approximate surface area is 168 Å². The van der Waals surface area contributed by atoms with E-state index in [9.17, 15) is 14.0 Å². The van der Waals surface area contributed by atoms with Crippen LogP contribution >= 0.6 is 11.6 Å². The normalized spacial score (nSPS) is 19.3. The van der Waals surface area contributed by atoms with E-state index in [4.69, 9.17) is 16.3 Å². The van der Waals surface area contributed by atoms with Gasteiger partial charge in [-0.3, -0.25) is 4.79 Å². The Hall–Kier alpha value is -2.41. The maximum Gasteiger partial charge on any atom is 0.343 e. The molecule has 150 valence electrons. The van der Waals surface area contributed by atoms with Crippen LogP contribution in [0.15, 0.2) is 24.3 Å². The zero-order valence-electron chi connectivity index (χ0n) is 15.9. The van der Waals surface area contributed by atoms with Crippen molar-refractivity contribution in [1.29, 1.82) is 0 Å². The van der Waals surface area contributed by atoms with Crippen molar-refractivity contribution in [1.82, 2.24) is 15.1 Å². The number of carbonyl (C=O) groups is 2. The minimum Gasteiger partial charge on any atom is -0.452 e. The van der Waals surface area contributed by atoms with E-state index in [1.54, 1.807) is 6.92 Å². The van der Waals surface area contributed by atoms with Gasteiger partial charge in [-0.1, -0.05) is 18.5 Å². The minimum absolute atomic E-state index is 0.0517. The highest BCUT2D eigenvalue weighted by Crippen LogP contribution is 2.25. The molecule has 1 aliphatic carbocycles. The van der Waals surface area contributed by atoms with Crippen LogP contribution in [0.1, 0.15) is 48.7 Å². The number of halogens is 2. The number of ether oxygens (including phenoxy) is 1. The average molecular weight is 408 g/mol. The highest BCUT2D eigenvalue weighted by molar-refractivity contribution is 6.33. The summed E-state index contributed by atoms with van der Waals surface area (Å²) in [7, 11) is 0. The Morgan fingerprint density at radius 3 is 2.54 bits per heavy atom. The van der Waals surface area contributed by atoms with E-state index >= 15 is 0 Å². The number of hydrogen-bond donors (Lipinski definition) is 1. The third-order valence-electron chi connectivity index (χ3n) is 4.99.